The van der Waals surface area contributed by atoms with E-state index in [1.165, 1.54) is 25.0 Å². The van der Waals surface area contributed by atoms with Gasteiger partial charge in [0, 0.05) is 17.8 Å². The van der Waals surface area contributed by atoms with Crippen molar-refractivity contribution in [3.05, 3.63) is 35.4 Å². The highest BCUT2D eigenvalue weighted by Gasteiger charge is 2.30. The predicted molar refractivity (Wildman–Crippen MR) is 78.0 cm³/mol. The number of nitrogens with one attached hydrogen (secondary N) is 1. The SMILES string of the molecule is CC(NCC1CCCCS1)c1ccc(C(F)(F)F)cc1. The molecule has 2 unspecified atom stereocenters. The third-order valence-corrected chi connectivity index (χ3v) is 5.06. The van der Waals surface area contributed by atoms with Crippen molar-refractivity contribution in [2.45, 2.75) is 43.7 Å². The molecule has 0 saturated carbocycles. The lowest BCUT2D eigenvalue weighted by Crippen LogP contribution is -2.29. The molecule has 0 aliphatic carbocycles. The quantitative estimate of drug-likeness (QED) is 0.869. The van der Waals surface area contributed by atoms with Gasteiger partial charge >= 0.3 is 6.18 Å². The topological polar surface area (TPSA) is 12.0 Å². The summed E-state index contributed by atoms with van der Waals surface area (Å²) in [6.45, 7) is 2.92. The van der Waals surface area contributed by atoms with E-state index >= 15 is 0 Å². The van der Waals surface area contributed by atoms with Crippen LogP contribution in [0.25, 0.3) is 0 Å². The zero-order valence-corrected chi connectivity index (χ0v) is 12.4. The summed E-state index contributed by atoms with van der Waals surface area (Å²) >= 11 is 1.99. The van der Waals surface area contributed by atoms with Crippen LogP contribution in [0, 0.1) is 0 Å². The van der Waals surface area contributed by atoms with Crippen LogP contribution in [-0.4, -0.2) is 17.5 Å². The smallest absolute Gasteiger partial charge is 0.309 e. The van der Waals surface area contributed by atoms with Gasteiger partial charge in [-0.3, -0.25) is 0 Å². The largest absolute Gasteiger partial charge is 0.416 e. The molecule has 2 atom stereocenters. The van der Waals surface area contributed by atoms with Crippen molar-refractivity contribution in [2.24, 2.45) is 0 Å². The van der Waals surface area contributed by atoms with E-state index < -0.39 is 11.7 Å². The third-order valence-electron chi connectivity index (χ3n) is 3.66. The van der Waals surface area contributed by atoms with Crippen molar-refractivity contribution in [1.82, 2.24) is 5.32 Å². The molecular formula is C15H20F3NS. The monoisotopic (exact) mass is 303 g/mol. The van der Waals surface area contributed by atoms with Crippen molar-refractivity contribution in [1.29, 1.82) is 0 Å². The number of rotatable bonds is 4. The number of halogens is 3. The molecule has 1 fully saturated rings. The van der Waals surface area contributed by atoms with Crippen LogP contribution < -0.4 is 5.32 Å². The van der Waals surface area contributed by atoms with E-state index in [4.69, 9.17) is 0 Å². The number of hydrogen-bond acceptors (Lipinski definition) is 2. The molecule has 0 bridgehead atoms. The van der Waals surface area contributed by atoms with Gasteiger partial charge in [-0.15, -0.1) is 0 Å². The Labute approximate surface area is 122 Å². The van der Waals surface area contributed by atoms with E-state index in [0.717, 1.165) is 24.2 Å². The highest BCUT2D eigenvalue weighted by molar-refractivity contribution is 7.99. The standard InChI is InChI=1S/C15H20F3NS/c1-11(19-10-14-4-2-3-9-20-14)12-5-7-13(8-6-12)15(16,17)18/h5-8,11,14,19H,2-4,9-10H2,1H3. The van der Waals surface area contributed by atoms with E-state index in [1.807, 2.05) is 18.7 Å². The summed E-state index contributed by atoms with van der Waals surface area (Å²) in [7, 11) is 0. The minimum atomic E-state index is -4.26. The van der Waals surface area contributed by atoms with E-state index in [2.05, 4.69) is 5.32 Å². The molecule has 0 spiro atoms. The van der Waals surface area contributed by atoms with E-state index in [0.29, 0.717) is 5.25 Å². The van der Waals surface area contributed by atoms with Crippen LogP contribution in [0.15, 0.2) is 24.3 Å². The molecule has 1 aromatic carbocycles. The molecule has 1 heterocycles. The predicted octanol–water partition coefficient (Wildman–Crippen LogP) is 4.64. The Kier molecular flexibility index (Phi) is 5.38. The van der Waals surface area contributed by atoms with Crippen LogP contribution in [0.4, 0.5) is 13.2 Å². The molecule has 0 amide bonds. The number of alkyl halides is 3. The van der Waals surface area contributed by atoms with E-state index in [1.54, 1.807) is 12.1 Å². The van der Waals surface area contributed by atoms with Gasteiger partial charge in [-0.2, -0.15) is 24.9 Å². The van der Waals surface area contributed by atoms with Crippen molar-refractivity contribution in [2.75, 3.05) is 12.3 Å². The average molecular weight is 303 g/mol. The summed E-state index contributed by atoms with van der Waals surface area (Å²) in [5, 5.41) is 4.06. The molecular weight excluding hydrogens is 283 g/mol. The van der Waals surface area contributed by atoms with E-state index in [9.17, 15) is 13.2 Å². The first-order chi connectivity index (χ1) is 9.47. The fraction of sp³-hybridized carbons (Fsp3) is 0.600. The Hall–Kier alpha value is -0.680. The van der Waals surface area contributed by atoms with Crippen LogP contribution >= 0.6 is 11.8 Å². The second kappa shape index (κ2) is 6.85. The van der Waals surface area contributed by atoms with Gasteiger partial charge in [0.1, 0.15) is 0 Å². The molecule has 0 radical (unpaired) electrons. The van der Waals surface area contributed by atoms with Crippen LogP contribution in [0.5, 0.6) is 0 Å². The van der Waals surface area contributed by atoms with Gasteiger partial charge in [-0.05, 0) is 43.2 Å². The summed E-state index contributed by atoms with van der Waals surface area (Å²) in [6.07, 6.45) is -0.436. The van der Waals surface area contributed by atoms with Crippen LogP contribution in [0.2, 0.25) is 0 Å². The maximum atomic E-state index is 12.5. The first-order valence-corrected chi connectivity index (χ1v) is 8.04. The normalized spacial score (nSPS) is 21.7. The third kappa shape index (κ3) is 4.42. The number of thioether (sulfide) groups is 1. The van der Waals surface area contributed by atoms with Crippen LogP contribution in [0.3, 0.4) is 0 Å². The highest BCUT2D eigenvalue weighted by Crippen LogP contribution is 2.30. The van der Waals surface area contributed by atoms with E-state index in [-0.39, 0.29) is 6.04 Å². The summed E-state index contributed by atoms with van der Waals surface area (Å²) in [5.41, 5.74) is 0.315. The summed E-state index contributed by atoms with van der Waals surface area (Å²) in [6, 6.07) is 5.52. The number of benzene rings is 1. The van der Waals surface area contributed by atoms with Gasteiger partial charge in [0.05, 0.1) is 5.56 Å². The molecule has 112 valence electrons. The second-order valence-electron chi connectivity index (χ2n) is 5.24. The molecule has 1 aromatic rings. The molecule has 0 aromatic heterocycles. The molecule has 20 heavy (non-hydrogen) atoms. The van der Waals surface area contributed by atoms with Crippen molar-refractivity contribution >= 4 is 11.8 Å². The zero-order chi connectivity index (χ0) is 14.6. The molecule has 5 heteroatoms. The van der Waals surface area contributed by atoms with Crippen LogP contribution in [-0.2, 0) is 6.18 Å². The molecule has 1 aliphatic heterocycles. The van der Waals surface area contributed by atoms with Gasteiger partial charge in [-0.25, -0.2) is 0 Å². The summed E-state index contributed by atoms with van der Waals surface area (Å²) in [4.78, 5) is 0. The lowest BCUT2D eigenvalue weighted by atomic mass is 10.1. The minimum Gasteiger partial charge on any atom is -0.309 e. The first-order valence-electron chi connectivity index (χ1n) is 6.99. The Balaban J connectivity index is 1.87. The van der Waals surface area contributed by atoms with Gasteiger partial charge in [0.25, 0.3) is 0 Å². The van der Waals surface area contributed by atoms with Gasteiger partial charge in [0.2, 0.25) is 0 Å². The molecule has 1 aliphatic rings. The maximum absolute atomic E-state index is 12.5. The zero-order valence-electron chi connectivity index (χ0n) is 11.5. The Morgan fingerprint density at radius 1 is 1.25 bits per heavy atom. The summed E-state index contributed by atoms with van der Waals surface area (Å²) < 4.78 is 37.5. The lowest BCUT2D eigenvalue weighted by molar-refractivity contribution is -0.137. The lowest BCUT2D eigenvalue weighted by Gasteiger charge is -2.24. The maximum Gasteiger partial charge on any atom is 0.416 e. The second-order valence-corrected chi connectivity index (χ2v) is 6.65. The number of hydrogen-bond donors (Lipinski definition) is 1. The molecule has 2 rings (SSSR count). The Morgan fingerprint density at radius 2 is 1.95 bits per heavy atom. The van der Waals surface area contributed by atoms with Gasteiger partial charge < -0.3 is 5.32 Å². The van der Waals surface area contributed by atoms with Crippen molar-refractivity contribution < 1.29 is 13.2 Å². The Morgan fingerprint density at radius 3 is 2.50 bits per heavy atom. The molecule has 1 N–H and O–H groups in total. The average Bonchev–Trinajstić information content (AvgIpc) is 2.45. The van der Waals surface area contributed by atoms with Crippen molar-refractivity contribution in [3.8, 4) is 0 Å². The fourth-order valence-corrected chi connectivity index (χ4v) is 3.61. The highest BCUT2D eigenvalue weighted by atomic mass is 32.2. The molecule has 1 nitrogen and oxygen atoms in total. The van der Waals surface area contributed by atoms with Crippen molar-refractivity contribution in [3.63, 3.8) is 0 Å². The summed E-state index contributed by atoms with van der Waals surface area (Å²) in [5.74, 6) is 1.22. The Bertz CT molecular complexity index is 410. The van der Waals surface area contributed by atoms with Crippen LogP contribution in [0.1, 0.15) is 43.4 Å². The van der Waals surface area contributed by atoms with Gasteiger partial charge in [-0.1, -0.05) is 18.6 Å². The first kappa shape index (κ1) is 15.7. The van der Waals surface area contributed by atoms with Gasteiger partial charge in [0.15, 0.2) is 0 Å². The fourth-order valence-electron chi connectivity index (χ4n) is 2.36. The molecule has 1 saturated heterocycles. The minimum absolute atomic E-state index is 0.0832.